The molecule has 3 aliphatic rings. The first-order valence-corrected chi connectivity index (χ1v) is 8.95. The van der Waals surface area contributed by atoms with Crippen molar-refractivity contribution in [2.24, 2.45) is 5.92 Å². The molecule has 1 saturated carbocycles. The Balaban J connectivity index is 1.58. The number of rotatable bonds is 1. The molecule has 0 aromatic carbocycles. The van der Waals surface area contributed by atoms with E-state index in [1.54, 1.807) is 0 Å². The van der Waals surface area contributed by atoms with Gasteiger partial charge in [-0.2, -0.15) is 11.8 Å². The summed E-state index contributed by atoms with van der Waals surface area (Å²) in [6.07, 6.45) is 7.69. The maximum absolute atomic E-state index is 12.6. The van der Waals surface area contributed by atoms with Gasteiger partial charge in [-0.25, -0.2) is 0 Å². The summed E-state index contributed by atoms with van der Waals surface area (Å²) in [5.41, 5.74) is 0. The minimum atomic E-state index is 0.106. The third-order valence-corrected chi connectivity index (χ3v) is 6.14. The average molecular weight is 282 g/mol. The monoisotopic (exact) mass is 282 g/mol. The van der Waals surface area contributed by atoms with Gasteiger partial charge in [0, 0.05) is 30.1 Å². The van der Waals surface area contributed by atoms with Gasteiger partial charge < -0.3 is 10.2 Å². The van der Waals surface area contributed by atoms with E-state index in [0.717, 1.165) is 31.2 Å². The first kappa shape index (κ1) is 13.7. The predicted octanol–water partition coefficient (Wildman–Crippen LogP) is 2.26. The lowest BCUT2D eigenvalue weighted by Crippen LogP contribution is -2.57. The van der Waals surface area contributed by atoms with Gasteiger partial charge in [-0.1, -0.05) is 19.8 Å². The van der Waals surface area contributed by atoms with Crippen molar-refractivity contribution in [2.45, 2.75) is 62.8 Å². The highest BCUT2D eigenvalue weighted by Gasteiger charge is 2.36. The maximum Gasteiger partial charge on any atom is 0.239 e. The van der Waals surface area contributed by atoms with Crippen molar-refractivity contribution < 1.29 is 4.79 Å². The smallest absolute Gasteiger partial charge is 0.239 e. The zero-order chi connectivity index (χ0) is 13.2. The van der Waals surface area contributed by atoms with Gasteiger partial charge in [-0.05, 0) is 31.6 Å². The molecule has 0 aromatic heterocycles. The number of thioether (sulfide) groups is 1. The molecule has 3 fully saturated rings. The molecule has 1 amide bonds. The van der Waals surface area contributed by atoms with Crippen LogP contribution in [0.3, 0.4) is 0 Å². The number of hydrogen-bond donors (Lipinski definition) is 1. The van der Waals surface area contributed by atoms with E-state index < -0.39 is 0 Å². The number of carbonyl (C=O) groups is 1. The Hall–Kier alpha value is -0.220. The largest absolute Gasteiger partial charge is 0.339 e. The third-order valence-electron chi connectivity index (χ3n) is 5.00. The van der Waals surface area contributed by atoms with Crippen LogP contribution >= 0.6 is 11.8 Å². The first-order chi connectivity index (χ1) is 9.24. The van der Waals surface area contributed by atoms with Gasteiger partial charge in [0.2, 0.25) is 5.91 Å². The van der Waals surface area contributed by atoms with Gasteiger partial charge in [0.25, 0.3) is 0 Å². The summed E-state index contributed by atoms with van der Waals surface area (Å²) in [5, 5.41) is 4.27. The Morgan fingerprint density at radius 2 is 2.05 bits per heavy atom. The fourth-order valence-corrected chi connectivity index (χ4v) is 4.94. The van der Waals surface area contributed by atoms with E-state index in [0.29, 0.717) is 17.2 Å². The summed E-state index contributed by atoms with van der Waals surface area (Å²) in [5.74, 6) is 2.32. The molecule has 0 spiro atoms. The van der Waals surface area contributed by atoms with Crippen molar-refractivity contribution in [3.8, 4) is 0 Å². The summed E-state index contributed by atoms with van der Waals surface area (Å²) in [7, 11) is 0. The number of fused-ring (bicyclic) bond motifs is 1. The van der Waals surface area contributed by atoms with Gasteiger partial charge in [0.1, 0.15) is 0 Å². The molecule has 1 aliphatic carbocycles. The van der Waals surface area contributed by atoms with Crippen LogP contribution in [-0.2, 0) is 4.79 Å². The fraction of sp³-hybridized carbons (Fsp3) is 0.933. The van der Waals surface area contributed by atoms with E-state index in [2.05, 4.69) is 17.1 Å². The predicted molar refractivity (Wildman–Crippen MR) is 80.4 cm³/mol. The molecule has 2 saturated heterocycles. The van der Waals surface area contributed by atoms with E-state index in [1.807, 2.05) is 11.8 Å². The van der Waals surface area contributed by atoms with E-state index >= 15 is 0 Å². The van der Waals surface area contributed by atoms with Gasteiger partial charge in [0.05, 0.1) is 6.04 Å². The van der Waals surface area contributed by atoms with Crippen LogP contribution in [0.15, 0.2) is 0 Å². The molecule has 4 heteroatoms. The third kappa shape index (κ3) is 3.10. The Morgan fingerprint density at radius 3 is 2.89 bits per heavy atom. The van der Waals surface area contributed by atoms with Crippen LogP contribution in [0.1, 0.15) is 45.4 Å². The van der Waals surface area contributed by atoms with Crippen LogP contribution in [-0.4, -0.2) is 47.0 Å². The zero-order valence-electron chi connectivity index (χ0n) is 11.9. The first-order valence-electron chi connectivity index (χ1n) is 7.90. The second-order valence-electron chi connectivity index (χ2n) is 6.41. The van der Waals surface area contributed by atoms with Crippen molar-refractivity contribution >= 4 is 17.7 Å². The number of piperidine rings is 1. The van der Waals surface area contributed by atoms with Crippen molar-refractivity contribution in [3.63, 3.8) is 0 Å². The van der Waals surface area contributed by atoms with Crippen LogP contribution in [0.2, 0.25) is 0 Å². The lowest BCUT2D eigenvalue weighted by molar-refractivity contribution is -0.134. The minimum Gasteiger partial charge on any atom is -0.339 e. The number of nitrogens with zero attached hydrogens (tertiary/aromatic N) is 1. The molecule has 19 heavy (non-hydrogen) atoms. The Kier molecular flexibility index (Phi) is 4.37. The van der Waals surface area contributed by atoms with Crippen molar-refractivity contribution in [1.82, 2.24) is 10.2 Å². The molecule has 0 aromatic rings. The standard InChI is InChI=1S/C15H26N2OS/c1-11-10-17(8-9-19-11)15(18)14-7-6-12-4-2-3-5-13(12)16-14/h11-14,16H,2-10H2,1H3. The molecule has 1 N–H and O–H groups in total. The number of carbonyl (C=O) groups excluding carboxylic acids is 1. The lowest BCUT2D eigenvalue weighted by Gasteiger charge is -2.42. The van der Waals surface area contributed by atoms with E-state index in [-0.39, 0.29) is 6.04 Å². The molecular weight excluding hydrogens is 256 g/mol. The normalized spacial score (nSPS) is 39.7. The second-order valence-corrected chi connectivity index (χ2v) is 7.96. The summed E-state index contributed by atoms with van der Waals surface area (Å²) in [4.78, 5) is 14.7. The van der Waals surface area contributed by atoms with Crippen LogP contribution in [0, 0.1) is 5.92 Å². The molecule has 108 valence electrons. The zero-order valence-corrected chi connectivity index (χ0v) is 12.8. The molecule has 2 aliphatic heterocycles. The highest BCUT2D eigenvalue weighted by atomic mass is 32.2. The molecule has 4 atom stereocenters. The summed E-state index contributed by atoms with van der Waals surface area (Å²) in [6.45, 7) is 4.12. The van der Waals surface area contributed by atoms with Crippen LogP contribution in [0.25, 0.3) is 0 Å². The Morgan fingerprint density at radius 1 is 1.21 bits per heavy atom. The number of hydrogen-bond acceptors (Lipinski definition) is 3. The van der Waals surface area contributed by atoms with Crippen molar-refractivity contribution in [3.05, 3.63) is 0 Å². The summed E-state index contributed by atoms with van der Waals surface area (Å²) in [6, 6.07) is 0.725. The number of nitrogens with one attached hydrogen (secondary N) is 1. The van der Waals surface area contributed by atoms with Gasteiger partial charge in [0.15, 0.2) is 0 Å². The SMILES string of the molecule is CC1CN(C(=O)C2CCC3CCCCC3N2)CCS1. The fourth-order valence-electron chi connectivity index (χ4n) is 3.93. The lowest BCUT2D eigenvalue weighted by atomic mass is 9.77. The molecular formula is C15H26N2OS. The highest BCUT2D eigenvalue weighted by molar-refractivity contribution is 7.99. The quantitative estimate of drug-likeness (QED) is 0.801. The molecule has 2 heterocycles. The Bertz CT molecular complexity index is 336. The van der Waals surface area contributed by atoms with Crippen LogP contribution in [0.4, 0.5) is 0 Å². The van der Waals surface area contributed by atoms with Crippen LogP contribution < -0.4 is 5.32 Å². The second kappa shape index (κ2) is 6.04. The Labute approximate surface area is 120 Å². The molecule has 4 unspecified atom stereocenters. The van der Waals surface area contributed by atoms with E-state index in [1.165, 1.54) is 32.1 Å². The average Bonchev–Trinajstić information content (AvgIpc) is 2.46. The molecule has 0 bridgehead atoms. The maximum atomic E-state index is 12.6. The molecule has 0 radical (unpaired) electrons. The summed E-state index contributed by atoms with van der Waals surface area (Å²) < 4.78 is 0. The van der Waals surface area contributed by atoms with Gasteiger partial charge >= 0.3 is 0 Å². The van der Waals surface area contributed by atoms with Crippen molar-refractivity contribution in [2.75, 3.05) is 18.8 Å². The van der Waals surface area contributed by atoms with Gasteiger partial charge in [-0.15, -0.1) is 0 Å². The van der Waals surface area contributed by atoms with E-state index in [4.69, 9.17) is 0 Å². The molecule has 3 rings (SSSR count). The minimum absolute atomic E-state index is 0.106. The highest BCUT2D eigenvalue weighted by Crippen LogP contribution is 2.32. The van der Waals surface area contributed by atoms with Gasteiger partial charge in [-0.3, -0.25) is 4.79 Å². The topological polar surface area (TPSA) is 32.3 Å². The number of amides is 1. The van der Waals surface area contributed by atoms with Crippen LogP contribution in [0.5, 0.6) is 0 Å². The van der Waals surface area contributed by atoms with E-state index in [9.17, 15) is 4.79 Å². The van der Waals surface area contributed by atoms with Crippen molar-refractivity contribution in [1.29, 1.82) is 0 Å². The summed E-state index contributed by atoms with van der Waals surface area (Å²) >= 11 is 1.99. The molecule has 3 nitrogen and oxygen atoms in total.